The number of hydrogen-bond donors (Lipinski definition) is 0. The lowest BCUT2D eigenvalue weighted by Crippen LogP contribution is -2.16. The second-order valence-corrected chi connectivity index (χ2v) is 4.69. The molecule has 0 aliphatic carbocycles. The number of carbonyl (C=O) groups excluding carboxylic acids is 1. The van der Waals surface area contributed by atoms with Crippen molar-refractivity contribution in [3.8, 4) is 0 Å². The lowest BCUT2D eigenvalue weighted by molar-refractivity contribution is -0.282. The van der Waals surface area contributed by atoms with Gasteiger partial charge in [-0.15, -0.1) is 0 Å². The lowest BCUT2D eigenvalue weighted by atomic mass is 9.98. The van der Waals surface area contributed by atoms with Crippen LogP contribution in [0.4, 0.5) is 0 Å². The van der Waals surface area contributed by atoms with E-state index in [4.69, 9.17) is 28.1 Å². The third-order valence-electron chi connectivity index (χ3n) is 2.55. The molecule has 0 amide bonds. The highest BCUT2D eigenvalue weighted by Gasteiger charge is 2.23. The molecular formula is C12H13Cl2NO4. The highest BCUT2D eigenvalue weighted by atomic mass is 35.5. The summed E-state index contributed by atoms with van der Waals surface area (Å²) in [7, 11) is 1.37. The van der Waals surface area contributed by atoms with Crippen LogP contribution in [0.5, 0.6) is 0 Å². The molecule has 0 radical (unpaired) electrons. The smallest absolute Gasteiger partial charge is 0.170 e. The molecule has 5 nitrogen and oxygen atoms in total. The Kier molecular flexibility index (Phi) is 6.37. The van der Waals surface area contributed by atoms with Crippen LogP contribution in [0.15, 0.2) is 17.3 Å². The van der Waals surface area contributed by atoms with Gasteiger partial charge >= 0.3 is 0 Å². The maximum atomic E-state index is 12.2. The van der Waals surface area contributed by atoms with Gasteiger partial charge in [0.1, 0.15) is 6.61 Å². The number of rotatable bonds is 7. The van der Waals surface area contributed by atoms with E-state index < -0.39 is 5.92 Å². The summed E-state index contributed by atoms with van der Waals surface area (Å²) in [5.74, 6) is -0.903. The first-order valence-corrected chi connectivity index (χ1v) is 6.24. The first-order valence-electron chi connectivity index (χ1n) is 5.48. The first-order chi connectivity index (χ1) is 9.02. The highest BCUT2D eigenvalue weighted by Crippen LogP contribution is 2.31. The number of nitroso groups, excluding NO2 is 1. The fourth-order valence-electron chi connectivity index (χ4n) is 1.50. The Morgan fingerprint density at radius 2 is 2.11 bits per heavy atom. The molecule has 0 aliphatic rings. The van der Waals surface area contributed by atoms with E-state index in [9.17, 15) is 9.70 Å². The second-order valence-electron chi connectivity index (χ2n) is 3.90. The number of ketones is 1. The predicted molar refractivity (Wildman–Crippen MR) is 72.4 cm³/mol. The van der Waals surface area contributed by atoms with Crippen LogP contribution < -0.4 is 0 Å². The van der Waals surface area contributed by atoms with E-state index in [0.29, 0.717) is 5.56 Å². The van der Waals surface area contributed by atoms with Gasteiger partial charge in [0.2, 0.25) is 0 Å². The summed E-state index contributed by atoms with van der Waals surface area (Å²) in [6.07, 6.45) is 0. The largest absolute Gasteiger partial charge is 0.294 e. The van der Waals surface area contributed by atoms with E-state index in [2.05, 4.69) is 10.1 Å². The van der Waals surface area contributed by atoms with Crippen LogP contribution in [0.25, 0.3) is 0 Å². The molecular weight excluding hydrogens is 293 g/mol. The normalized spacial score (nSPS) is 12.2. The van der Waals surface area contributed by atoms with E-state index >= 15 is 0 Å². The van der Waals surface area contributed by atoms with Crippen molar-refractivity contribution in [3.05, 3.63) is 38.2 Å². The van der Waals surface area contributed by atoms with Crippen LogP contribution in [-0.4, -0.2) is 19.4 Å². The summed E-state index contributed by atoms with van der Waals surface area (Å²) in [6, 6.07) is 3.19. The summed E-state index contributed by atoms with van der Waals surface area (Å²) in [6.45, 7) is 1.56. The molecule has 0 aromatic heterocycles. The molecule has 104 valence electrons. The highest BCUT2D eigenvalue weighted by molar-refractivity contribution is 6.40. The molecule has 1 unspecified atom stereocenters. The molecule has 1 aromatic carbocycles. The maximum absolute atomic E-state index is 12.2. The number of benzene rings is 1. The average molecular weight is 306 g/mol. The molecule has 7 heteroatoms. The van der Waals surface area contributed by atoms with Gasteiger partial charge in [-0.2, -0.15) is 4.91 Å². The summed E-state index contributed by atoms with van der Waals surface area (Å²) in [4.78, 5) is 31.6. The molecule has 0 heterocycles. The van der Waals surface area contributed by atoms with E-state index in [-0.39, 0.29) is 34.5 Å². The fraction of sp³-hybridized carbons (Fsp3) is 0.417. The molecule has 0 bridgehead atoms. The summed E-state index contributed by atoms with van der Waals surface area (Å²) in [5.41, 5.74) is 0.749. The fourth-order valence-corrected chi connectivity index (χ4v) is 2.11. The van der Waals surface area contributed by atoms with Gasteiger partial charge in [-0.05, 0) is 6.07 Å². The van der Waals surface area contributed by atoms with Crippen LogP contribution in [0.3, 0.4) is 0 Å². The van der Waals surface area contributed by atoms with Gasteiger partial charge in [0.25, 0.3) is 0 Å². The topological polar surface area (TPSA) is 65.0 Å². The Morgan fingerprint density at radius 3 is 2.68 bits per heavy atom. The van der Waals surface area contributed by atoms with E-state index in [1.54, 1.807) is 19.1 Å². The van der Waals surface area contributed by atoms with Crippen LogP contribution >= 0.6 is 23.2 Å². The zero-order valence-corrected chi connectivity index (χ0v) is 12.0. The van der Waals surface area contributed by atoms with E-state index in [1.165, 1.54) is 7.11 Å². The minimum atomic E-state index is -0.578. The number of carbonyl (C=O) groups is 1. The third-order valence-corrected chi connectivity index (χ3v) is 3.29. The average Bonchev–Trinajstić information content (AvgIpc) is 2.38. The molecule has 0 aliphatic heterocycles. The lowest BCUT2D eigenvalue weighted by Gasteiger charge is -2.13. The van der Waals surface area contributed by atoms with Crippen molar-refractivity contribution >= 4 is 29.0 Å². The van der Waals surface area contributed by atoms with Gasteiger partial charge in [0, 0.05) is 11.5 Å². The Labute approximate surface area is 120 Å². The number of nitrogens with zero attached hydrogens (tertiary/aromatic N) is 1. The van der Waals surface area contributed by atoms with E-state index in [0.717, 1.165) is 0 Å². The number of Topliss-reactive ketones (excluding diaryl/α,β-unsaturated/α-hetero) is 1. The zero-order valence-electron chi connectivity index (χ0n) is 10.5. The van der Waals surface area contributed by atoms with E-state index in [1.807, 2.05) is 0 Å². The molecule has 1 rings (SSSR count). The second kappa shape index (κ2) is 7.55. The Hall–Kier alpha value is -1.01. The van der Waals surface area contributed by atoms with Crippen molar-refractivity contribution < 1.29 is 14.6 Å². The van der Waals surface area contributed by atoms with Crippen molar-refractivity contribution in [2.75, 3.05) is 13.7 Å². The van der Waals surface area contributed by atoms with Crippen molar-refractivity contribution in [1.29, 1.82) is 0 Å². The van der Waals surface area contributed by atoms with Gasteiger partial charge in [-0.25, -0.2) is 9.78 Å². The van der Waals surface area contributed by atoms with Gasteiger partial charge < -0.3 is 0 Å². The van der Waals surface area contributed by atoms with Crippen LogP contribution in [0, 0.1) is 10.8 Å². The van der Waals surface area contributed by atoms with Crippen molar-refractivity contribution in [2.24, 2.45) is 11.1 Å². The monoisotopic (exact) mass is 305 g/mol. The minimum absolute atomic E-state index is 0.0904. The van der Waals surface area contributed by atoms with Gasteiger partial charge in [0.15, 0.2) is 5.78 Å². The van der Waals surface area contributed by atoms with Crippen molar-refractivity contribution in [1.82, 2.24) is 0 Å². The molecule has 1 atom stereocenters. The third kappa shape index (κ3) is 3.98. The van der Waals surface area contributed by atoms with Crippen LogP contribution in [0.1, 0.15) is 22.8 Å². The standard InChI is InChI=1S/C12H13Cl2NO4/c1-7(5-15-17)12(16)10-9(13)4-3-8(11(10)14)6-19-18-2/h3-4,7H,5-6H2,1-2H3. The molecule has 0 fully saturated rings. The minimum Gasteiger partial charge on any atom is -0.294 e. The van der Waals surface area contributed by atoms with Crippen LogP contribution in [0.2, 0.25) is 10.0 Å². The predicted octanol–water partition coefficient (Wildman–Crippen LogP) is 3.66. The Bertz CT molecular complexity index is 479. The number of halogens is 2. The Morgan fingerprint density at radius 1 is 1.42 bits per heavy atom. The molecule has 0 N–H and O–H groups in total. The molecule has 19 heavy (non-hydrogen) atoms. The van der Waals surface area contributed by atoms with Crippen molar-refractivity contribution in [3.63, 3.8) is 0 Å². The molecule has 1 aromatic rings. The summed E-state index contributed by atoms with van der Waals surface area (Å²) >= 11 is 12.1. The zero-order chi connectivity index (χ0) is 14.4. The first kappa shape index (κ1) is 16.0. The van der Waals surface area contributed by atoms with Crippen LogP contribution in [-0.2, 0) is 16.4 Å². The summed E-state index contributed by atoms with van der Waals surface area (Å²) in [5, 5.41) is 3.14. The maximum Gasteiger partial charge on any atom is 0.170 e. The van der Waals surface area contributed by atoms with Gasteiger partial charge in [-0.3, -0.25) is 4.79 Å². The Balaban J connectivity index is 3.11. The molecule has 0 saturated carbocycles. The van der Waals surface area contributed by atoms with Gasteiger partial charge in [-0.1, -0.05) is 41.4 Å². The molecule has 0 saturated heterocycles. The quantitative estimate of drug-likeness (QED) is 0.334. The van der Waals surface area contributed by atoms with Crippen molar-refractivity contribution in [2.45, 2.75) is 13.5 Å². The van der Waals surface area contributed by atoms with Gasteiger partial charge in [0.05, 0.1) is 29.3 Å². The SMILES string of the molecule is COOCc1ccc(Cl)c(C(=O)C(C)CN=O)c1Cl. The summed E-state index contributed by atoms with van der Waals surface area (Å²) < 4.78 is 0. The molecule has 0 spiro atoms. The number of hydrogen-bond acceptors (Lipinski definition) is 5.